The van der Waals surface area contributed by atoms with Crippen LogP contribution in [0.1, 0.15) is 49.8 Å². The molecule has 1 heterocycles. The van der Waals surface area contributed by atoms with E-state index >= 15 is 0 Å². The molecule has 3 amide bonds. The summed E-state index contributed by atoms with van der Waals surface area (Å²) in [6.45, 7) is 0.990. The van der Waals surface area contributed by atoms with Gasteiger partial charge < -0.3 is 15.5 Å². The van der Waals surface area contributed by atoms with E-state index in [1.165, 1.54) is 19.3 Å². The van der Waals surface area contributed by atoms with E-state index in [-0.39, 0.29) is 17.5 Å². The van der Waals surface area contributed by atoms with Crippen LogP contribution in [0.5, 0.6) is 0 Å². The second kappa shape index (κ2) is 7.74. The molecule has 5 rings (SSSR count). The number of carbonyl (C=O) groups excluding carboxylic acids is 2. The molecule has 27 heavy (non-hydrogen) atoms. The number of nitrogens with zero attached hydrogens (tertiary/aromatic N) is 1. The maximum Gasteiger partial charge on any atom is 0.315 e. The molecular formula is C20H28BrN3O2S. The molecule has 0 spiro atoms. The van der Waals surface area contributed by atoms with E-state index in [4.69, 9.17) is 0 Å². The van der Waals surface area contributed by atoms with Crippen LogP contribution in [-0.2, 0) is 11.3 Å². The Morgan fingerprint density at radius 2 is 1.85 bits per heavy atom. The molecule has 4 saturated carbocycles. The first kappa shape index (κ1) is 19.2. The van der Waals surface area contributed by atoms with Crippen molar-refractivity contribution in [2.45, 2.75) is 57.0 Å². The van der Waals surface area contributed by atoms with Crippen LogP contribution >= 0.6 is 27.3 Å². The number of urea groups is 1. The van der Waals surface area contributed by atoms with E-state index in [1.807, 2.05) is 18.5 Å². The Bertz CT molecular complexity index is 685. The molecule has 0 atom stereocenters. The van der Waals surface area contributed by atoms with Crippen molar-refractivity contribution in [3.05, 3.63) is 20.8 Å². The van der Waals surface area contributed by atoms with E-state index < -0.39 is 0 Å². The molecule has 0 radical (unpaired) electrons. The van der Waals surface area contributed by atoms with Gasteiger partial charge in [-0.25, -0.2) is 4.79 Å². The number of amides is 3. The first-order valence-electron chi connectivity index (χ1n) is 9.94. The molecule has 1 aromatic heterocycles. The van der Waals surface area contributed by atoms with Gasteiger partial charge in [0.15, 0.2) is 0 Å². The fraction of sp³-hybridized carbons (Fsp3) is 0.700. The predicted octanol–water partition coefficient (Wildman–Crippen LogP) is 4.13. The minimum atomic E-state index is -0.102. The number of hydrogen-bond acceptors (Lipinski definition) is 3. The van der Waals surface area contributed by atoms with Gasteiger partial charge in [0.2, 0.25) is 5.91 Å². The fourth-order valence-corrected chi connectivity index (χ4v) is 7.28. The average molecular weight is 454 g/mol. The van der Waals surface area contributed by atoms with Gasteiger partial charge in [-0.2, -0.15) is 0 Å². The maximum atomic E-state index is 12.4. The second-order valence-corrected chi connectivity index (χ2v) is 10.7. The lowest BCUT2D eigenvalue weighted by molar-refractivity contribution is -0.130. The number of nitrogens with one attached hydrogen (secondary N) is 2. The molecule has 4 aliphatic carbocycles. The summed E-state index contributed by atoms with van der Waals surface area (Å²) in [4.78, 5) is 27.6. The average Bonchev–Trinajstić information content (AvgIpc) is 2.97. The van der Waals surface area contributed by atoms with Gasteiger partial charge in [0.1, 0.15) is 0 Å². The highest BCUT2D eigenvalue weighted by molar-refractivity contribution is 9.10. The van der Waals surface area contributed by atoms with Gasteiger partial charge in [0, 0.05) is 40.3 Å². The van der Waals surface area contributed by atoms with Gasteiger partial charge in [-0.15, -0.1) is 11.3 Å². The Labute approximate surface area is 173 Å². The summed E-state index contributed by atoms with van der Waals surface area (Å²) < 4.78 is 1.05. The van der Waals surface area contributed by atoms with E-state index in [9.17, 15) is 9.59 Å². The summed E-state index contributed by atoms with van der Waals surface area (Å²) in [5.41, 5.74) is 0.0200. The Morgan fingerprint density at radius 1 is 1.22 bits per heavy atom. The summed E-state index contributed by atoms with van der Waals surface area (Å²) in [6, 6.07) is 1.93. The van der Waals surface area contributed by atoms with E-state index in [0.29, 0.717) is 19.5 Å². The summed E-state index contributed by atoms with van der Waals surface area (Å²) in [5.74, 6) is 2.48. The Balaban J connectivity index is 1.20. The second-order valence-electron chi connectivity index (χ2n) is 8.81. The van der Waals surface area contributed by atoms with Crippen molar-refractivity contribution in [1.82, 2.24) is 15.5 Å². The molecule has 4 bridgehead atoms. The first-order valence-corrected chi connectivity index (χ1v) is 11.6. The summed E-state index contributed by atoms with van der Waals surface area (Å²) in [6.07, 6.45) is 7.86. The molecular weight excluding hydrogens is 426 g/mol. The normalized spacial score (nSPS) is 31.0. The molecule has 0 aliphatic heterocycles. The van der Waals surface area contributed by atoms with E-state index in [0.717, 1.165) is 46.4 Å². The number of rotatable bonds is 6. The smallest absolute Gasteiger partial charge is 0.315 e. The molecule has 0 aromatic carbocycles. The first-order chi connectivity index (χ1) is 12.9. The number of thiophene rings is 1. The molecule has 7 heteroatoms. The van der Waals surface area contributed by atoms with Crippen molar-refractivity contribution in [3.8, 4) is 0 Å². The lowest BCUT2D eigenvalue weighted by Gasteiger charge is -2.56. The van der Waals surface area contributed by atoms with Crippen molar-refractivity contribution in [3.63, 3.8) is 0 Å². The van der Waals surface area contributed by atoms with Crippen LogP contribution in [-0.4, -0.2) is 36.0 Å². The zero-order chi connectivity index (χ0) is 19.0. The third kappa shape index (κ3) is 4.50. The molecule has 148 valence electrons. The van der Waals surface area contributed by atoms with Crippen molar-refractivity contribution < 1.29 is 9.59 Å². The van der Waals surface area contributed by atoms with Gasteiger partial charge in [0.25, 0.3) is 0 Å². The van der Waals surface area contributed by atoms with Crippen molar-refractivity contribution in [2.24, 2.45) is 17.8 Å². The zero-order valence-electron chi connectivity index (χ0n) is 15.8. The van der Waals surface area contributed by atoms with Crippen LogP contribution in [0.15, 0.2) is 15.9 Å². The highest BCUT2D eigenvalue weighted by Gasteiger charge is 2.51. The molecule has 4 aliphatic rings. The van der Waals surface area contributed by atoms with Gasteiger partial charge >= 0.3 is 6.03 Å². The van der Waals surface area contributed by atoms with Crippen LogP contribution < -0.4 is 10.6 Å². The minimum absolute atomic E-state index is 0.0200. The largest absolute Gasteiger partial charge is 0.341 e. The number of halogens is 1. The fourth-order valence-electron chi connectivity index (χ4n) is 5.78. The third-order valence-corrected chi connectivity index (χ3v) is 8.16. The van der Waals surface area contributed by atoms with Crippen molar-refractivity contribution >= 4 is 39.2 Å². The molecule has 0 saturated heterocycles. The molecule has 2 N–H and O–H groups in total. The van der Waals surface area contributed by atoms with Crippen molar-refractivity contribution in [2.75, 3.05) is 13.6 Å². The van der Waals surface area contributed by atoms with E-state index in [2.05, 4.69) is 26.6 Å². The molecule has 5 nitrogen and oxygen atoms in total. The third-order valence-electron chi connectivity index (χ3n) is 6.48. The van der Waals surface area contributed by atoms with Crippen molar-refractivity contribution in [1.29, 1.82) is 0 Å². The van der Waals surface area contributed by atoms with Gasteiger partial charge in [0.05, 0.1) is 6.54 Å². The maximum absolute atomic E-state index is 12.4. The van der Waals surface area contributed by atoms with Gasteiger partial charge in [-0.3, -0.25) is 4.79 Å². The minimum Gasteiger partial charge on any atom is -0.341 e. The molecule has 0 unspecified atom stereocenters. The Hall–Kier alpha value is -1.08. The number of hydrogen-bond donors (Lipinski definition) is 2. The zero-order valence-corrected chi connectivity index (χ0v) is 18.2. The Morgan fingerprint density at radius 3 is 2.41 bits per heavy atom. The highest BCUT2D eigenvalue weighted by atomic mass is 79.9. The quantitative estimate of drug-likeness (QED) is 0.679. The topological polar surface area (TPSA) is 61.4 Å². The lowest BCUT2D eigenvalue weighted by atomic mass is 9.53. The summed E-state index contributed by atoms with van der Waals surface area (Å²) in [5, 5.41) is 8.22. The predicted molar refractivity (Wildman–Crippen MR) is 111 cm³/mol. The van der Waals surface area contributed by atoms with Crippen LogP contribution in [0, 0.1) is 17.8 Å². The standard InChI is InChI=1S/C20H28BrN3O2S/c1-24(11-17-7-16(21)12-27-17)18(25)2-3-22-19(26)23-20-8-13-4-14(9-20)6-15(5-13)10-20/h7,12-15H,2-6,8-11H2,1H3,(H2,22,23,26). The molecule has 4 fully saturated rings. The van der Waals surface area contributed by atoms with E-state index in [1.54, 1.807) is 16.2 Å². The van der Waals surface area contributed by atoms with Crippen LogP contribution in [0.4, 0.5) is 4.79 Å². The molecule has 1 aromatic rings. The monoisotopic (exact) mass is 453 g/mol. The van der Waals surface area contributed by atoms with Crippen LogP contribution in [0.2, 0.25) is 0 Å². The summed E-state index contributed by atoms with van der Waals surface area (Å²) in [7, 11) is 1.81. The SMILES string of the molecule is CN(Cc1cc(Br)cs1)C(=O)CCNC(=O)NC12CC3CC(CC(C3)C1)C2. The van der Waals surface area contributed by atoms with Gasteiger partial charge in [-0.1, -0.05) is 0 Å². The lowest BCUT2D eigenvalue weighted by Crippen LogP contribution is -2.61. The van der Waals surface area contributed by atoms with Gasteiger partial charge in [-0.05, 0) is 78.3 Å². The summed E-state index contributed by atoms with van der Waals surface area (Å²) >= 11 is 5.07. The number of carbonyl (C=O) groups is 2. The highest BCUT2D eigenvalue weighted by Crippen LogP contribution is 2.55. The van der Waals surface area contributed by atoms with Crippen LogP contribution in [0.3, 0.4) is 0 Å². The van der Waals surface area contributed by atoms with Crippen LogP contribution in [0.25, 0.3) is 0 Å². The Kier molecular flexibility index (Phi) is 5.52.